The maximum absolute atomic E-state index is 11.9. The highest BCUT2D eigenvalue weighted by atomic mass is 16.3. The third-order valence-corrected chi connectivity index (χ3v) is 2.83. The molecule has 0 bridgehead atoms. The van der Waals surface area contributed by atoms with E-state index in [0.29, 0.717) is 12.0 Å². The third kappa shape index (κ3) is 3.54. The van der Waals surface area contributed by atoms with Gasteiger partial charge in [-0.2, -0.15) is 0 Å². The van der Waals surface area contributed by atoms with Crippen LogP contribution in [0.15, 0.2) is 60.7 Å². The zero-order valence-corrected chi connectivity index (χ0v) is 10.1. The van der Waals surface area contributed by atoms with Crippen LogP contribution in [0.2, 0.25) is 0 Å². The Morgan fingerprint density at radius 1 is 0.944 bits per heavy atom. The van der Waals surface area contributed by atoms with Crippen molar-refractivity contribution in [3.8, 4) is 0 Å². The van der Waals surface area contributed by atoms with Crippen LogP contribution in [0.3, 0.4) is 0 Å². The first kappa shape index (κ1) is 12.5. The van der Waals surface area contributed by atoms with E-state index in [2.05, 4.69) is 0 Å². The van der Waals surface area contributed by atoms with Crippen molar-refractivity contribution in [2.24, 2.45) is 0 Å². The normalized spacial score (nSPS) is 12.1. The predicted octanol–water partition coefficient (Wildman–Crippen LogP) is 2.86. The van der Waals surface area contributed by atoms with Crippen LogP contribution in [0, 0.1) is 0 Å². The van der Waals surface area contributed by atoms with Gasteiger partial charge in [0.05, 0.1) is 6.10 Å². The summed E-state index contributed by atoms with van der Waals surface area (Å²) in [6.45, 7) is 0. The summed E-state index contributed by atoms with van der Waals surface area (Å²) in [6, 6.07) is 18.8. The Morgan fingerprint density at radius 3 is 2.11 bits per heavy atom. The first-order valence-electron chi connectivity index (χ1n) is 6.06. The summed E-state index contributed by atoms with van der Waals surface area (Å²) in [7, 11) is 0. The molecule has 0 aromatic heterocycles. The topological polar surface area (TPSA) is 37.3 Å². The Bertz CT molecular complexity index is 491. The smallest absolute Gasteiger partial charge is 0.165 e. The molecule has 0 saturated carbocycles. The van der Waals surface area contributed by atoms with Gasteiger partial charge in [-0.3, -0.25) is 4.79 Å². The molecule has 92 valence electrons. The summed E-state index contributed by atoms with van der Waals surface area (Å²) in [5.41, 5.74) is 1.70. The summed E-state index contributed by atoms with van der Waals surface area (Å²) in [4.78, 5) is 11.9. The molecule has 2 aromatic carbocycles. The summed E-state index contributed by atoms with van der Waals surface area (Å²) < 4.78 is 0. The van der Waals surface area contributed by atoms with Crippen molar-refractivity contribution < 1.29 is 9.90 Å². The van der Waals surface area contributed by atoms with Gasteiger partial charge in [-0.15, -0.1) is 0 Å². The number of hydrogen-bond acceptors (Lipinski definition) is 2. The van der Waals surface area contributed by atoms with Crippen LogP contribution in [0.25, 0.3) is 0 Å². The Balaban J connectivity index is 1.92. The minimum absolute atomic E-state index is 0.0148. The molecule has 0 amide bonds. The molecule has 0 heterocycles. The summed E-state index contributed by atoms with van der Waals surface area (Å²) in [5, 5.41) is 9.91. The lowest BCUT2D eigenvalue weighted by atomic mass is 10.0. The molecule has 0 unspecified atom stereocenters. The van der Waals surface area contributed by atoms with Gasteiger partial charge >= 0.3 is 0 Å². The van der Waals surface area contributed by atoms with E-state index in [4.69, 9.17) is 0 Å². The fraction of sp³-hybridized carbons (Fsp3) is 0.188. The molecule has 0 aliphatic carbocycles. The van der Waals surface area contributed by atoms with E-state index < -0.39 is 6.10 Å². The van der Waals surface area contributed by atoms with Crippen LogP contribution in [-0.4, -0.2) is 17.0 Å². The quantitative estimate of drug-likeness (QED) is 0.816. The van der Waals surface area contributed by atoms with E-state index in [9.17, 15) is 9.90 Å². The van der Waals surface area contributed by atoms with Crippen LogP contribution in [0.1, 0.15) is 22.3 Å². The van der Waals surface area contributed by atoms with E-state index >= 15 is 0 Å². The molecule has 0 fully saturated rings. The molecule has 18 heavy (non-hydrogen) atoms. The number of ketones is 1. The minimum Gasteiger partial charge on any atom is -0.392 e. The van der Waals surface area contributed by atoms with Gasteiger partial charge in [0.2, 0.25) is 0 Å². The molecule has 2 rings (SSSR count). The van der Waals surface area contributed by atoms with Gasteiger partial charge in [-0.25, -0.2) is 0 Å². The molecule has 2 aromatic rings. The maximum atomic E-state index is 11.9. The SMILES string of the molecule is O=C(C[C@@H](O)Cc1ccccc1)c1ccccc1. The second kappa shape index (κ2) is 6.12. The fourth-order valence-electron chi connectivity index (χ4n) is 1.91. The van der Waals surface area contributed by atoms with Crippen molar-refractivity contribution in [1.29, 1.82) is 0 Å². The molecule has 0 aliphatic heterocycles. The standard InChI is InChI=1S/C16H16O2/c17-15(11-13-7-3-1-4-8-13)12-16(18)14-9-5-2-6-10-14/h1-10,15,17H,11-12H2/t15-/m0/s1. The van der Waals surface area contributed by atoms with Gasteiger partial charge in [-0.05, 0) is 12.0 Å². The first-order chi connectivity index (χ1) is 8.75. The highest BCUT2D eigenvalue weighted by Crippen LogP contribution is 2.10. The number of carbonyl (C=O) groups excluding carboxylic acids is 1. The van der Waals surface area contributed by atoms with Crippen molar-refractivity contribution >= 4 is 5.78 Å². The number of hydrogen-bond donors (Lipinski definition) is 1. The number of aliphatic hydroxyl groups is 1. The van der Waals surface area contributed by atoms with E-state index in [1.165, 1.54) is 0 Å². The summed E-state index contributed by atoms with van der Waals surface area (Å²) >= 11 is 0. The molecule has 0 radical (unpaired) electrons. The molecular formula is C16H16O2. The van der Waals surface area contributed by atoms with Crippen LogP contribution < -0.4 is 0 Å². The third-order valence-electron chi connectivity index (χ3n) is 2.83. The molecular weight excluding hydrogens is 224 g/mol. The van der Waals surface area contributed by atoms with Crippen LogP contribution in [0.4, 0.5) is 0 Å². The lowest BCUT2D eigenvalue weighted by Gasteiger charge is -2.09. The predicted molar refractivity (Wildman–Crippen MR) is 71.5 cm³/mol. The summed E-state index contributed by atoms with van der Waals surface area (Å²) in [5.74, 6) is -0.0148. The second-order valence-electron chi connectivity index (χ2n) is 4.34. The van der Waals surface area contributed by atoms with Gasteiger partial charge < -0.3 is 5.11 Å². The van der Waals surface area contributed by atoms with Crippen LogP contribution in [-0.2, 0) is 6.42 Å². The molecule has 0 saturated heterocycles. The number of Topliss-reactive ketones (excluding diaryl/α,β-unsaturated/α-hetero) is 1. The Morgan fingerprint density at radius 2 is 1.50 bits per heavy atom. The maximum Gasteiger partial charge on any atom is 0.165 e. The first-order valence-corrected chi connectivity index (χ1v) is 6.06. The largest absolute Gasteiger partial charge is 0.392 e. The number of benzene rings is 2. The zero-order valence-electron chi connectivity index (χ0n) is 10.1. The number of rotatable bonds is 5. The monoisotopic (exact) mass is 240 g/mol. The van der Waals surface area contributed by atoms with Gasteiger partial charge in [0.1, 0.15) is 0 Å². The van der Waals surface area contributed by atoms with Crippen LogP contribution >= 0.6 is 0 Å². The fourth-order valence-corrected chi connectivity index (χ4v) is 1.91. The van der Waals surface area contributed by atoms with Crippen molar-refractivity contribution in [3.63, 3.8) is 0 Å². The minimum atomic E-state index is -0.625. The van der Waals surface area contributed by atoms with E-state index in [-0.39, 0.29) is 12.2 Å². The van der Waals surface area contributed by atoms with Crippen LogP contribution in [0.5, 0.6) is 0 Å². The second-order valence-corrected chi connectivity index (χ2v) is 4.34. The van der Waals surface area contributed by atoms with Gasteiger partial charge in [0, 0.05) is 12.0 Å². The number of aliphatic hydroxyl groups excluding tert-OH is 1. The van der Waals surface area contributed by atoms with Crippen molar-refractivity contribution in [1.82, 2.24) is 0 Å². The molecule has 2 heteroatoms. The lowest BCUT2D eigenvalue weighted by Crippen LogP contribution is -2.16. The molecule has 0 aliphatic rings. The number of carbonyl (C=O) groups is 1. The highest BCUT2D eigenvalue weighted by Gasteiger charge is 2.12. The summed E-state index contributed by atoms with van der Waals surface area (Å²) in [6.07, 6.45) is 0.0540. The molecule has 2 nitrogen and oxygen atoms in total. The van der Waals surface area contributed by atoms with E-state index in [0.717, 1.165) is 5.56 Å². The zero-order chi connectivity index (χ0) is 12.8. The van der Waals surface area contributed by atoms with Gasteiger partial charge in [0.15, 0.2) is 5.78 Å². The van der Waals surface area contributed by atoms with Crippen molar-refractivity contribution in [3.05, 3.63) is 71.8 Å². The average Bonchev–Trinajstić information content (AvgIpc) is 2.40. The lowest BCUT2D eigenvalue weighted by molar-refractivity contribution is 0.0881. The Labute approximate surface area is 107 Å². The molecule has 0 spiro atoms. The Kier molecular flexibility index (Phi) is 4.26. The van der Waals surface area contributed by atoms with Gasteiger partial charge in [-0.1, -0.05) is 60.7 Å². The molecule has 1 N–H and O–H groups in total. The van der Waals surface area contributed by atoms with Crippen molar-refractivity contribution in [2.75, 3.05) is 0 Å². The Hall–Kier alpha value is -1.93. The average molecular weight is 240 g/mol. The van der Waals surface area contributed by atoms with E-state index in [1.54, 1.807) is 12.1 Å². The molecule has 1 atom stereocenters. The van der Waals surface area contributed by atoms with E-state index in [1.807, 2.05) is 48.5 Å². The van der Waals surface area contributed by atoms with Crippen molar-refractivity contribution in [2.45, 2.75) is 18.9 Å². The van der Waals surface area contributed by atoms with Gasteiger partial charge in [0.25, 0.3) is 0 Å². The highest BCUT2D eigenvalue weighted by molar-refractivity contribution is 5.96.